The van der Waals surface area contributed by atoms with Crippen LogP contribution in [0.5, 0.6) is 5.75 Å². The first kappa shape index (κ1) is 22.1. The number of amides is 2. The van der Waals surface area contributed by atoms with Gasteiger partial charge in [0.25, 0.3) is 0 Å². The maximum absolute atomic E-state index is 13.3. The molecule has 5 rings (SSSR count). The van der Waals surface area contributed by atoms with Crippen molar-refractivity contribution < 1.29 is 23.1 Å². The smallest absolute Gasteiger partial charge is 0.247 e. The molecule has 0 radical (unpaired) electrons. The highest BCUT2D eigenvalue weighted by molar-refractivity contribution is 6.00. The zero-order chi connectivity index (χ0) is 23.7. The summed E-state index contributed by atoms with van der Waals surface area (Å²) in [5.41, 5.74) is 1.41. The highest BCUT2D eigenvalue weighted by Gasteiger charge is 2.39. The number of ether oxygens (including phenoxy) is 1. The van der Waals surface area contributed by atoms with Crippen LogP contribution in [-0.4, -0.2) is 53.7 Å². The Bertz CT molecular complexity index is 1180. The molecule has 34 heavy (non-hydrogen) atoms. The fraction of sp³-hybridized carbons (Fsp3) is 0.360. The van der Waals surface area contributed by atoms with Gasteiger partial charge in [-0.2, -0.15) is 0 Å². The lowest BCUT2D eigenvalue weighted by Gasteiger charge is -2.32. The van der Waals surface area contributed by atoms with Gasteiger partial charge in [0.05, 0.1) is 18.9 Å². The van der Waals surface area contributed by atoms with Crippen LogP contribution in [0.2, 0.25) is 0 Å². The number of carbonyl (C=O) groups excluding carboxylic acids is 2. The van der Waals surface area contributed by atoms with Crippen LogP contribution in [0.4, 0.5) is 10.1 Å². The number of piperidine rings is 1. The van der Waals surface area contributed by atoms with Crippen LogP contribution < -0.4 is 9.64 Å². The van der Waals surface area contributed by atoms with E-state index in [0.29, 0.717) is 42.7 Å². The van der Waals surface area contributed by atoms with Crippen LogP contribution in [0.3, 0.4) is 0 Å². The molecule has 176 valence electrons. The molecule has 3 aromatic rings. The molecule has 9 heteroatoms. The number of hydrogen-bond donors (Lipinski definition) is 0. The van der Waals surface area contributed by atoms with E-state index in [2.05, 4.69) is 10.2 Å². The summed E-state index contributed by atoms with van der Waals surface area (Å²) in [6.45, 7) is 1.47. The van der Waals surface area contributed by atoms with Gasteiger partial charge in [0.15, 0.2) is 0 Å². The average Bonchev–Trinajstić information content (AvgIpc) is 3.52. The minimum absolute atomic E-state index is 0.0210. The van der Waals surface area contributed by atoms with Crippen LogP contribution in [0.1, 0.15) is 31.1 Å². The second-order valence-electron chi connectivity index (χ2n) is 8.68. The average molecular weight is 464 g/mol. The van der Waals surface area contributed by atoms with Crippen molar-refractivity contribution >= 4 is 17.5 Å². The van der Waals surface area contributed by atoms with Crippen molar-refractivity contribution in [2.75, 3.05) is 31.6 Å². The molecule has 2 atom stereocenters. The lowest BCUT2D eigenvalue weighted by atomic mass is 9.96. The summed E-state index contributed by atoms with van der Waals surface area (Å²) in [5, 5.41) is 8.29. The van der Waals surface area contributed by atoms with E-state index in [9.17, 15) is 14.0 Å². The number of benzene rings is 2. The third kappa shape index (κ3) is 4.37. The maximum Gasteiger partial charge on any atom is 0.247 e. The molecule has 0 aliphatic carbocycles. The van der Waals surface area contributed by atoms with Gasteiger partial charge >= 0.3 is 0 Å². The molecule has 0 spiro atoms. The SMILES string of the molecule is COc1ccc(N2CC(C(=O)N3CCCC(c4nnc(-c5ccc(F)cc5)o4)C3)CC2=O)cc1. The number of carbonyl (C=O) groups is 2. The van der Waals surface area contributed by atoms with E-state index in [4.69, 9.17) is 9.15 Å². The van der Waals surface area contributed by atoms with Gasteiger partial charge in [-0.25, -0.2) is 4.39 Å². The van der Waals surface area contributed by atoms with Crippen LogP contribution in [0.15, 0.2) is 52.9 Å². The molecule has 2 aromatic carbocycles. The Morgan fingerprint density at radius 3 is 2.59 bits per heavy atom. The first-order valence-corrected chi connectivity index (χ1v) is 11.3. The van der Waals surface area contributed by atoms with Crippen molar-refractivity contribution in [3.05, 3.63) is 60.2 Å². The van der Waals surface area contributed by atoms with E-state index < -0.39 is 0 Å². The third-order valence-electron chi connectivity index (χ3n) is 6.47. The number of likely N-dealkylation sites (tertiary alicyclic amines) is 1. The molecule has 1 aromatic heterocycles. The number of methoxy groups -OCH3 is 1. The van der Waals surface area contributed by atoms with E-state index in [1.165, 1.54) is 12.1 Å². The summed E-state index contributed by atoms with van der Waals surface area (Å²) in [5.74, 6) is 0.645. The zero-order valence-electron chi connectivity index (χ0n) is 18.8. The normalized spacial score (nSPS) is 20.6. The number of hydrogen-bond acceptors (Lipinski definition) is 6. The Morgan fingerprint density at radius 1 is 1.09 bits per heavy atom. The fourth-order valence-corrected chi connectivity index (χ4v) is 4.63. The molecule has 2 amide bonds. The topological polar surface area (TPSA) is 88.8 Å². The monoisotopic (exact) mass is 464 g/mol. The minimum atomic E-state index is -0.384. The quantitative estimate of drug-likeness (QED) is 0.573. The van der Waals surface area contributed by atoms with E-state index in [1.54, 1.807) is 36.3 Å². The molecule has 0 bridgehead atoms. The van der Waals surface area contributed by atoms with Gasteiger partial charge in [0.2, 0.25) is 23.6 Å². The third-order valence-corrected chi connectivity index (χ3v) is 6.47. The van der Waals surface area contributed by atoms with Gasteiger partial charge < -0.3 is 19.0 Å². The van der Waals surface area contributed by atoms with E-state index >= 15 is 0 Å². The highest BCUT2D eigenvalue weighted by Crippen LogP contribution is 2.32. The van der Waals surface area contributed by atoms with E-state index in [-0.39, 0.29) is 35.9 Å². The summed E-state index contributed by atoms with van der Waals surface area (Å²) >= 11 is 0. The number of rotatable bonds is 5. The Labute approximate surface area is 196 Å². The molecule has 2 aliphatic heterocycles. The second kappa shape index (κ2) is 9.24. The van der Waals surface area contributed by atoms with Crippen molar-refractivity contribution in [1.29, 1.82) is 0 Å². The highest BCUT2D eigenvalue weighted by atomic mass is 19.1. The zero-order valence-corrected chi connectivity index (χ0v) is 18.8. The largest absolute Gasteiger partial charge is 0.497 e. The van der Waals surface area contributed by atoms with Crippen LogP contribution in [0.25, 0.3) is 11.5 Å². The van der Waals surface area contributed by atoms with Gasteiger partial charge in [0, 0.05) is 37.3 Å². The van der Waals surface area contributed by atoms with Crippen LogP contribution in [-0.2, 0) is 9.59 Å². The van der Waals surface area contributed by atoms with Crippen LogP contribution in [0, 0.1) is 11.7 Å². The number of nitrogens with zero attached hydrogens (tertiary/aromatic N) is 4. The molecule has 2 saturated heterocycles. The summed E-state index contributed by atoms with van der Waals surface area (Å²) in [6.07, 6.45) is 1.84. The number of anilines is 1. The summed E-state index contributed by atoms with van der Waals surface area (Å²) in [4.78, 5) is 29.4. The van der Waals surface area contributed by atoms with Gasteiger partial charge in [-0.1, -0.05) is 0 Å². The van der Waals surface area contributed by atoms with Crippen molar-refractivity contribution in [1.82, 2.24) is 15.1 Å². The molecule has 0 saturated carbocycles. The summed E-state index contributed by atoms with van der Waals surface area (Å²) in [6, 6.07) is 13.1. The second-order valence-corrected chi connectivity index (χ2v) is 8.68. The molecule has 2 unspecified atom stereocenters. The maximum atomic E-state index is 13.3. The molecule has 2 fully saturated rings. The van der Waals surface area contributed by atoms with Crippen LogP contribution >= 0.6 is 0 Å². The Balaban J connectivity index is 1.24. The molecular weight excluding hydrogens is 439 g/mol. The first-order chi connectivity index (χ1) is 16.5. The molecule has 3 heterocycles. The van der Waals surface area contributed by atoms with E-state index in [1.807, 2.05) is 17.0 Å². The lowest BCUT2D eigenvalue weighted by Crippen LogP contribution is -2.43. The molecular formula is C25H25FN4O4. The standard InChI is InChI=1S/C25H25FN4O4/c1-33-21-10-8-20(9-11-21)30-15-18(13-22(30)31)25(32)29-12-2-3-17(14-29)24-28-27-23(34-24)16-4-6-19(26)7-5-16/h4-11,17-18H,2-3,12-15H2,1H3. The number of halogens is 1. The fourth-order valence-electron chi connectivity index (χ4n) is 4.63. The lowest BCUT2D eigenvalue weighted by molar-refractivity contribution is -0.137. The Morgan fingerprint density at radius 2 is 1.85 bits per heavy atom. The predicted octanol–water partition coefficient (Wildman–Crippen LogP) is 3.64. The minimum Gasteiger partial charge on any atom is -0.497 e. The summed E-state index contributed by atoms with van der Waals surface area (Å²) in [7, 11) is 1.59. The van der Waals surface area contributed by atoms with E-state index in [0.717, 1.165) is 18.5 Å². The van der Waals surface area contributed by atoms with Crippen molar-refractivity contribution in [3.63, 3.8) is 0 Å². The van der Waals surface area contributed by atoms with Crippen molar-refractivity contribution in [2.45, 2.75) is 25.2 Å². The van der Waals surface area contributed by atoms with Crippen molar-refractivity contribution in [2.24, 2.45) is 5.92 Å². The molecule has 8 nitrogen and oxygen atoms in total. The number of aromatic nitrogens is 2. The Kier molecular flexibility index (Phi) is 6.00. The Hall–Kier alpha value is -3.75. The molecule has 0 N–H and O–H groups in total. The first-order valence-electron chi connectivity index (χ1n) is 11.3. The predicted molar refractivity (Wildman–Crippen MR) is 122 cm³/mol. The molecule has 2 aliphatic rings. The van der Waals surface area contributed by atoms with Crippen molar-refractivity contribution in [3.8, 4) is 17.2 Å². The van der Waals surface area contributed by atoms with Gasteiger partial charge in [-0.3, -0.25) is 9.59 Å². The summed E-state index contributed by atoms with van der Waals surface area (Å²) < 4.78 is 24.2. The van der Waals surface area contributed by atoms with Gasteiger partial charge in [-0.15, -0.1) is 10.2 Å². The van der Waals surface area contributed by atoms with Gasteiger partial charge in [-0.05, 0) is 61.4 Å². The van der Waals surface area contributed by atoms with Gasteiger partial charge in [0.1, 0.15) is 11.6 Å².